The molecule has 3 rings (SSSR count). The molecule has 1 fully saturated rings. The average molecular weight is 286 g/mol. The number of benzene rings is 1. The van der Waals surface area contributed by atoms with Crippen molar-refractivity contribution >= 4 is 22.7 Å². The minimum atomic E-state index is -0.947. The molecule has 5 heteroatoms. The number of aliphatic hydroxyl groups is 1. The van der Waals surface area contributed by atoms with E-state index < -0.39 is 5.97 Å². The first kappa shape index (κ1) is 13.8. The summed E-state index contributed by atoms with van der Waals surface area (Å²) < 4.78 is 0. The fourth-order valence-electron chi connectivity index (χ4n) is 2.93. The van der Waals surface area contributed by atoms with E-state index >= 15 is 0 Å². The van der Waals surface area contributed by atoms with Crippen LogP contribution in [-0.2, 0) is 0 Å². The van der Waals surface area contributed by atoms with Crippen LogP contribution in [0.3, 0.4) is 0 Å². The molecule has 0 saturated heterocycles. The number of aromatic carboxylic acids is 1. The van der Waals surface area contributed by atoms with Gasteiger partial charge in [-0.25, -0.2) is 9.78 Å². The van der Waals surface area contributed by atoms with Gasteiger partial charge in [0.25, 0.3) is 0 Å². The summed E-state index contributed by atoms with van der Waals surface area (Å²) in [5.41, 5.74) is 0.921. The lowest BCUT2D eigenvalue weighted by atomic mass is 10.1. The third-order valence-corrected chi connectivity index (χ3v) is 4.13. The molecule has 3 N–H and O–H groups in total. The molecule has 1 aromatic heterocycles. The van der Waals surface area contributed by atoms with Crippen LogP contribution in [0.15, 0.2) is 30.3 Å². The summed E-state index contributed by atoms with van der Waals surface area (Å²) in [6, 6.07) is 8.64. The van der Waals surface area contributed by atoms with Gasteiger partial charge in [-0.15, -0.1) is 0 Å². The maximum Gasteiger partial charge on any atom is 0.336 e. The van der Waals surface area contributed by atoms with E-state index in [1.165, 1.54) is 0 Å². The minimum absolute atomic E-state index is 0.225. The summed E-state index contributed by atoms with van der Waals surface area (Å²) in [5, 5.41) is 22.8. The highest BCUT2D eigenvalue weighted by molar-refractivity contribution is 6.02. The second kappa shape index (κ2) is 5.69. The van der Waals surface area contributed by atoms with Crippen LogP contribution in [0.1, 0.15) is 29.6 Å². The summed E-state index contributed by atoms with van der Waals surface area (Å²) in [4.78, 5) is 15.6. The molecule has 0 bridgehead atoms. The third kappa shape index (κ3) is 2.83. The molecular formula is C16H18N2O3. The van der Waals surface area contributed by atoms with Crippen LogP contribution in [-0.4, -0.2) is 33.8 Å². The highest BCUT2D eigenvalue weighted by Crippen LogP contribution is 2.26. The summed E-state index contributed by atoms with van der Waals surface area (Å²) in [7, 11) is 0. The highest BCUT2D eigenvalue weighted by Gasteiger charge is 2.24. The lowest BCUT2D eigenvalue weighted by Gasteiger charge is -2.15. The van der Waals surface area contributed by atoms with Gasteiger partial charge in [0.2, 0.25) is 0 Å². The highest BCUT2D eigenvalue weighted by atomic mass is 16.4. The van der Waals surface area contributed by atoms with Crippen LogP contribution < -0.4 is 5.32 Å². The standard InChI is InChI=1S/C16H18N2O3/c19-14-6-1-3-10(14)9-17-15-8-7-11-12(16(20)21)4-2-5-13(11)18-15/h2,4-5,7-8,10,14,19H,1,3,6,9H2,(H,17,18)(H,20,21). The second-order valence-electron chi connectivity index (χ2n) is 5.51. The van der Waals surface area contributed by atoms with Crippen molar-refractivity contribution in [2.45, 2.75) is 25.4 Å². The number of carboxylic acid groups (broad SMARTS) is 1. The van der Waals surface area contributed by atoms with E-state index in [0.29, 0.717) is 23.3 Å². The molecule has 1 aliphatic rings. The number of anilines is 1. The number of aromatic nitrogens is 1. The summed E-state index contributed by atoms with van der Waals surface area (Å²) in [6.07, 6.45) is 2.75. The number of fused-ring (bicyclic) bond motifs is 1. The van der Waals surface area contributed by atoms with Crippen molar-refractivity contribution in [2.24, 2.45) is 5.92 Å². The number of nitrogens with one attached hydrogen (secondary N) is 1. The largest absolute Gasteiger partial charge is 0.478 e. The van der Waals surface area contributed by atoms with Gasteiger partial charge >= 0.3 is 5.97 Å². The molecule has 2 unspecified atom stereocenters. The Labute approximate surface area is 122 Å². The van der Waals surface area contributed by atoms with Gasteiger partial charge in [0.1, 0.15) is 5.82 Å². The van der Waals surface area contributed by atoms with Crippen molar-refractivity contribution in [3.8, 4) is 0 Å². The molecule has 2 atom stereocenters. The number of nitrogens with zero attached hydrogens (tertiary/aromatic N) is 1. The zero-order valence-electron chi connectivity index (χ0n) is 11.6. The Bertz CT molecular complexity index is 672. The lowest BCUT2D eigenvalue weighted by Crippen LogP contribution is -2.22. The van der Waals surface area contributed by atoms with E-state index in [9.17, 15) is 9.90 Å². The number of pyridine rings is 1. The van der Waals surface area contributed by atoms with Crippen LogP contribution >= 0.6 is 0 Å². The van der Waals surface area contributed by atoms with E-state index in [0.717, 1.165) is 19.3 Å². The molecular weight excluding hydrogens is 268 g/mol. The summed E-state index contributed by atoms with van der Waals surface area (Å²) in [5.74, 6) is 0.0363. The first-order valence-electron chi connectivity index (χ1n) is 7.20. The zero-order chi connectivity index (χ0) is 14.8. The van der Waals surface area contributed by atoms with E-state index in [1.54, 1.807) is 30.3 Å². The lowest BCUT2D eigenvalue weighted by molar-refractivity contribution is 0.0699. The van der Waals surface area contributed by atoms with Gasteiger partial charge in [0, 0.05) is 17.8 Å². The predicted octanol–water partition coefficient (Wildman–Crippen LogP) is 2.51. The van der Waals surface area contributed by atoms with Gasteiger partial charge in [0.05, 0.1) is 17.2 Å². The molecule has 0 aliphatic heterocycles. The topological polar surface area (TPSA) is 82.5 Å². The fraction of sp³-hybridized carbons (Fsp3) is 0.375. The Kier molecular flexibility index (Phi) is 3.75. The maximum absolute atomic E-state index is 11.2. The van der Waals surface area contributed by atoms with E-state index in [1.807, 2.05) is 0 Å². The Morgan fingerprint density at radius 2 is 2.14 bits per heavy atom. The quantitative estimate of drug-likeness (QED) is 0.804. The maximum atomic E-state index is 11.2. The van der Waals surface area contributed by atoms with Crippen molar-refractivity contribution in [1.82, 2.24) is 4.98 Å². The van der Waals surface area contributed by atoms with Gasteiger partial charge in [-0.05, 0) is 37.1 Å². The first-order chi connectivity index (χ1) is 10.1. The molecule has 1 saturated carbocycles. The third-order valence-electron chi connectivity index (χ3n) is 4.13. The Morgan fingerprint density at radius 3 is 2.86 bits per heavy atom. The normalized spacial score (nSPS) is 21.6. The van der Waals surface area contributed by atoms with Crippen molar-refractivity contribution in [3.05, 3.63) is 35.9 Å². The predicted molar refractivity (Wildman–Crippen MR) is 80.5 cm³/mol. The molecule has 5 nitrogen and oxygen atoms in total. The van der Waals surface area contributed by atoms with Gasteiger partial charge < -0.3 is 15.5 Å². The monoisotopic (exact) mass is 286 g/mol. The Morgan fingerprint density at radius 1 is 1.29 bits per heavy atom. The van der Waals surface area contributed by atoms with Gasteiger partial charge in [-0.3, -0.25) is 0 Å². The second-order valence-corrected chi connectivity index (χ2v) is 5.51. The molecule has 0 radical (unpaired) electrons. The van der Waals surface area contributed by atoms with Gasteiger partial charge in [0.15, 0.2) is 0 Å². The molecule has 21 heavy (non-hydrogen) atoms. The van der Waals surface area contributed by atoms with Crippen LogP contribution in [0, 0.1) is 5.92 Å². The van der Waals surface area contributed by atoms with E-state index in [2.05, 4.69) is 10.3 Å². The summed E-state index contributed by atoms with van der Waals surface area (Å²) >= 11 is 0. The molecule has 110 valence electrons. The molecule has 0 spiro atoms. The Balaban J connectivity index is 1.80. The first-order valence-corrected chi connectivity index (χ1v) is 7.20. The zero-order valence-corrected chi connectivity index (χ0v) is 11.6. The van der Waals surface area contributed by atoms with E-state index in [-0.39, 0.29) is 17.6 Å². The van der Waals surface area contributed by atoms with Crippen LogP contribution in [0.5, 0.6) is 0 Å². The Hall–Kier alpha value is -2.14. The minimum Gasteiger partial charge on any atom is -0.478 e. The van der Waals surface area contributed by atoms with Crippen molar-refractivity contribution in [2.75, 3.05) is 11.9 Å². The fourth-order valence-corrected chi connectivity index (χ4v) is 2.93. The van der Waals surface area contributed by atoms with Crippen LogP contribution in [0.25, 0.3) is 10.9 Å². The molecule has 1 aliphatic carbocycles. The number of carboxylic acids is 1. The van der Waals surface area contributed by atoms with Crippen molar-refractivity contribution in [3.63, 3.8) is 0 Å². The number of aliphatic hydroxyl groups excluding tert-OH is 1. The smallest absolute Gasteiger partial charge is 0.336 e. The molecule has 1 heterocycles. The number of hydrogen-bond donors (Lipinski definition) is 3. The average Bonchev–Trinajstić information content (AvgIpc) is 2.89. The van der Waals surface area contributed by atoms with E-state index in [4.69, 9.17) is 5.11 Å². The molecule has 1 aromatic carbocycles. The van der Waals surface area contributed by atoms with Crippen LogP contribution in [0.2, 0.25) is 0 Å². The summed E-state index contributed by atoms with van der Waals surface area (Å²) in [6.45, 7) is 0.693. The number of carbonyl (C=O) groups is 1. The van der Waals surface area contributed by atoms with Gasteiger partial charge in [-0.1, -0.05) is 12.5 Å². The number of hydrogen-bond acceptors (Lipinski definition) is 4. The molecule has 2 aromatic rings. The number of rotatable bonds is 4. The molecule has 0 amide bonds. The van der Waals surface area contributed by atoms with Gasteiger partial charge in [-0.2, -0.15) is 0 Å². The van der Waals surface area contributed by atoms with Crippen molar-refractivity contribution < 1.29 is 15.0 Å². The van der Waals surface area contributed by atoms with Crippen molar-refractivity contribution in [1.29, 1.82) is 0 Å². The SMILES string of the molecule is O=C(O)c1cccc2nc(NCC3CCCC3O)ccc12. The van der Waals surface area contributed by atoms with Crippen LogP contribution in [0.4, 0.5) is 5.82 Å².